The number of aryl methyl sites for hydroxylation is 1. The largest absolute Gasteiger partial charge is 0.393 e. The summed E-state index contributed by atoms with van der Waals surface area (Å²) < 4.78 is 0. The molecule has 1 aliphatic rings. The Balaban J connectivity index is 2.13. The molecule has 2 rings (SSSR count). The standard InChI is InChI=1S/C13H16N2OS/c14-12(17)8-13(16)15-7-3-6-10-4-1-2-5-11(10)9-15/h1-2,4-5H,3,6-9H2,(H2,14,17). The van der Waals surface area contributed by atoms with Gasteiger partial charge in [-0.25, -0.2) is 0 Å². The van der Waals surface area contributed by atoms with E-state index < -0.39 is 0 Å². The molecule has 90 valence electrons. The van der Waals surface area contributed by atoms with Gasteiger partial charge in [0, 0.05) is 13.1 Å². The third-order valence-corrected chi connectivity index (χ3v) is 3.18. The maximum Gasteiger partial charge on any atom is 0.229 e. The van der Waals surface area contributed by atoms with Crippen LogP contribution in [0.1, 0.15) is 24.0 Å². The molecule has 2 N–H and O–H groups in total. The van der Waals surface area contributed by atoms with Gasteiger partial charge in [-0.2, -0.15) is 0 Å². The number of carbonyl (C=O) groups is 1. The smallest absolute Gasteiger partial charge is 0.229 e. The maximum atomic E-state index is 11.9. The lowest BCUT2D eigenvalue weighted by Crippen LogP contribution is -2.33. The minimum absolute atomic E-state index is 0.0363. The summed E-state index contributed by atoms with van der Waals surface area (Å²) >= 11 is 4.78. The van der Waals surface area contributed by atoms with Gasteiger partial charge in [0.2, 0.25) is 5.91 Å². The third kappa shape index (κ3) is 3.03. The van der Waals surface area contributed by atoms with Crippen LogP contribution >= 0.6 is 12.2 Å². The average molecular weight is 248 g/mol. The van der Waals surface area contributed by atoms with Crippen LogP contribution in [-0.4, -0.2) is 22.3 Å². The second kappa shape index (κ2) is 5.27. The van der Waals surface area contributed by atoms with E-state index in [1.807, 2.05) is 17.0 Å². The molecular formula is C13H16N2OS. The lowest BCUT2D eigenvalue weighted by molar-refractivity contribution is -0.130. The molecule has 0 radical (unpaired) electrons. The number of rotatable bonds is 2. The molecule has 0 fully saturated rings. The molecule has 17 heavy (non-hydrogen) atoms. The Hall–Kier alpha value is -1.42. The number of amides is 1. The monoisotopic (exact) mass is 248 g/mol. The molecule has 0 saturated carbocycles. The van der Waals surface area contributed by atoms with Gasteiger partial charge in [0.25, 0.3) is 0 Å². The van der Waals surface area contributed by atoms with Gasteiger partial charge in [0.05, 0.1) is 11.4 Å². The minimum atomic E-state index is 0.0363. The summed E-state index contributed by atoms with van der Waals surface area (Å²) in [6.45, 7) is 1.47. The van der Waals surface area contributed by atoms with Crippen molar-refractivity contribution in [2.24, 2.45) is 5.73 Å². The van der Waals surface area contributed by atoms with Crippen molar-refractivity contribution in [1.29, 1.82) is 0 Å². The Morgan fingerprint density at radius 2 is 2.06 bits per heavy atom. The number of nitrogens with zero attached hydrogens (tertiary/aromatic N) is 1. The fourth-order valence-corrected chi connectivity index (χ4v) is 2.30. The molecule has 1 aromatic rings. The molecule has 1 amide bonds. The Kier molecular flexibility index (Phi) is 3.74. The van der Waals surface area contributed by atoms with Crippen LogP contribution in [-0.2, 0) is 17.8 Å². The lowest BCUT2D eigenvalue weighted by Gasteiger charge is -2.20. The van der Waals surface area contributed by atoms with E-state index in [0.717, 1.165) is 19.4 Å². The van der Waals surface area contributed by atoms with Gasteiger partial charge < -0.3 is 10.6 Å². The summed E-state index contributed by atoms with van der Waals surface area (Å²) in [4.78, 5) is 14.1. The third-order valence-electron chi connectivity index (χ3n) is 3.03. The first-order valence-corrected chi connectivity index (χ1v) is 6.20. The first kappa shape index (κ1) is 12.0. The van der Waals surface area contributed by atoms with Gasteiger partial charge in [-0.05, 0) is 24.0 Å². The van der Waals surface area contributed by atoms with Crippen LogP contribution in [0.2, 0.25) is 0 Å². The van der Waals surface area contributed by atoms with E-state index in [0.29, 0.717) is 6.54 Å². The second-order valence-corrected chi connectivity index (χ2v) is 4.86. The predicted octanol–water partition coefficient (Wildman–Crippen LogP) is 1.64. The summed E-state index contributed by atoms with van der Waals surface area (Å²) in [6, 6.07) is 8.28. The molecule has 0 aromatic heterocycles. The highest BCUT2D eigenvalue weighted by Gasteiger charge is 2.18. The van der Waals surface area contributed by atoms with Crippen molar-refractivity contribution >= 4 is 23.1 Å². The predicted molar refractivity (Wildman–Crippen MR) is 71.6 cm³/mol. The molecule has 0 bridgehead atoms. The van der Waals surface area contributed by atoms with Gasteiger partial charge in [0.15, 0.2) is 0 Å². The number of hydrogen-bond acceptors (Lipinski definition) is 2. The first-order chi connectivity index (χ1) is 8.16. The quantitative estimate of drug-likeness (QED) is 0.809. The molecule has 4 heteroatoms. The molecule has 1 heterocycles. The van der Waals surface area contributed by atoms with Gasteiger partial charge >= 0.3 is 0 Å². The maximum absolute atomic E-state index is 11.9. The van der Waals surface area contributed by atoms with E-state index in [-0.39, 0.29) is 17.3 Å². The molecule has 0 saturated heterocycles. The van der Waals surface area contributed by atoms with Gasteiger partial charge in [-0.3, -0.25) is 4.79 Å². The summed E-state index contributed by atoms with van der Waals surface area (Å²) in [5, 5.41) is 0. The highest BCUT2D eigenvalue weighted by atomic mass is 32.1. The number of benzene rings is 1. The van der Waals surface area contributed by atoms with Crippen LogP contribution in [0.4, 0.5) is 0 Å². The van der Waals surface area contributed by atoms with Crippen LogP contribution in [0.25, 0.3) is 0 Å². The molecule has 0 spiro atoms. The minimum Gasteiger partial charge on any atom is -0.393 e. The number of fused-ring (bicyclic) bond motifs is 1. The fourth-order valence-electron chi connectivity index (χ4n) is 2.17. The van der Waals surface area contributed by atoms with Crippen LogP contribution in [0.5, 0.6) is 0 Å². The molecule has 0 atom stereocenters. The van der Waals surface area contributed by atoms with E-state index in [1.165, 1.54) is 11.1 Å². The summed E-state index contributed by atoms with van der Waals surface area (Å²) in [5.74, 6) is 0.0363. The molecule has 0 unspecified atom stereocenters. The Bertz CT molecular complexity index is 445. The normalized spacial score (nSPS) is 14.9. The van der Waals surface area contributed by atoms with Crippen molar-refractivity contribution in [1.82, 2.24) is 4.90 Å². The fraction of sp³-hybridized carbons (Fsp3) is 0.385. The van der Waals surface area contributed by atoms with Crippen LogP contribution in [0.3, 0.4) is 0 Å². The number of carbonyl (C=O) groups excluding carboxylic acids is 1. The average Bonchev–Trinajstić information content (AvgIpc) is 2.49. The Morgan fingerprint density at radius 1 is 1.35 bits per heavy atom. The number of hydrogen-bond donors (Lipinski definition) is 1. The molecule has 1 aromatic carbocycles. The van der Waals surface area contributed by atoms with E-state index in [2.05, 4.69) is 12.1 Å². The van der Waals surface area contributed by atoms with Crippen molar-refractivity contribution in [3.8, 4) is 0 Å². The summed E-state index contributed by atoms with van der Waals surface area (Å²) in [6.07, 6.45) is 2.21. The second-order valence-electron chi connectivity index (χ2n) is 4.33. The summed E-state index contributed by atoms with van der Waals surface area (Å²) in [5.41, 5.74) is 8.00. The molecule has 1 aliphatic heterocycles. The van der Waals surface area contributed by atoms with Crippen molar-refractivity contribution in [2.45, 2.75) is 25.8 Å². The number of thiocarbonyl (C=S) groups is 1. The highest BCUT2D eigenvalue weighted by molar-refractivity contribution is 7.80. The Morgan fingerprint density at radius 3 is 2.76 bits per heavy atom. The van der Waals surface area contributed by atoms with Crippen molar-refractivity contribution < 1.29 is 4.79 Å². The van der Waals surface area contributed by atoms with Crippen molar-refractivity contribution in [3.63, 3.8) is 0 Å². The number of nitrogens with two attached hydrogens (primary N) is 1. The Labute approximate surface area is 107 Å². The van der Waals surface area contributed by atoms with Gasteiger partial charge in [-0.15, -0.1) is 0 Å². The molecule has 0 aliphatic carbocycles. The van der Waals surface area contributed by atoms with Gasteiger partial charge in [-0.1, -0.05) is 36.5 Å². The topological polar surface area (TPSA) is 46.3 Å². The van der Waals surface area contributed by atoms with Crippen LogP contribution < -0.4 is 5.73 Å². The molecule has 3 nitrogen and oxygen atoms in total. The zero-order chi connectivity index (χ0) is 12.3. The van der Waals surface area contributed by atoms with Gasteiger partial charge in [0.1, 0.15) is 0 Å². The van der Waals surface area contributed by atoms with Crippen molar-refractivity contribution in [3.05, 3.63) is 35.4 Å². The SMILES string of the molecule is NC(=S)CC(=O)N1CCCc2ccccc2C1. The van der Waals surface area contributed by atoms with Crippen molar-refractivity contribution in [2.75, 3.05) is 6.54 Å². The molecular weight excluding hydrogens is 232 g/mol. The van der Waals surface area contributed by atoms with Crippen LogP contribution in [0.15, 0.2) is 24.3 Å². The van der Waals surface area contributed by atoms with E-state index in [1.54, 1.807) is 0 Å². The van der Waals surface area contributed by atoms with E-state index in [4.69, 9.17) is 18.0 Å². The highest BCUT2D eigenvalue weighted by Crippen LogP contribution is 2.18. The zero-order valence-electron chi connectivity index (χ0n) is 9.69. The summed E-state index contributed by atoms with van der Waals surface area (Å²) in [7, 11) is 0. The van der Waals surface area contributed by atoms with E-state index >= 15 is 0 Å². The zero-order valence-corrected chi connectivity index (χ0v) is 10.5. The van der Waals surface area contributed by atoms with E-state index in [9.17, 15) is 4.79 Å². The van der Waals surface area contributed by atoms with Crippen LogP contribution in [0, 0.1) is 0 Å². The first-order valence-electron chi connectivity index (χ1n) is 5.79. The lowest BCUT2D eigenvalue weighted by atomic mass is 10.0.